The topological polar surface area (TPSA) is 35.5 Å². The van der Waals surface area contributed by atoms with Crippen LogP contribution in [0.15, 0.2) is 23.9 Å². The Kier molecular flexibility index (Phi) is 6.69. The molecule has 1 heterocycles. The predicted molar refractivity (Wildman–Crippen MR) is 85.4 cm³/mol. The molecule has 1 aliphatic heterocycles. The van der Waals surface area contributed by atoms with Crippen molar-refractivity contribution in [2.45, 2.75) is 64.5 Å². The molecule has 1 fully saturated rings. The summed E-state index contributed by atoms with van der Waals surface area (Å²) in [6.07, 6.45) is 4.95. The van der Waals surface area contributed by atoms with Gasteiger partial charge < -0.3 is 9.47 Å². The normalized spacial score (nSPS) is 25.5. The molecule has 0 spiro atoms. The van der Waals surface area contributed by atoms with E-state index >= 15 is 0 Å². The molecule has 0 aromatic rings. The fraction of sp³-hybridized carbons (Fsp3) is 0.688. The lowest BCUT2D eigenvalue weighted by Crippen LogP contribution is -2.33. The summed E-state index contributed by atoms with van der Waals surface area (Å²) in [7, 11) is -1.23. The second-order valence-electron chi connectivity index (χ2n) is 6.54. The van der Waals surface area contributed by atoms with Gasteiger partial charge in [0.2, 0.25) is 0 Å². The highest BCUT2D eigenvalue weighted by molar-refractivity contribution is 6.81. The summed E-state index contributed by atoms with van der Waals surface area (Å²) in [6, 6.07) is 0. The molecule has 0 aliphatic carbocycles. The van der Waals surface area contributed by atoms with Crippen molar-refractivity contribution < 1.29 is 14.3 Å². The van der Waals surface area contributed by atoms with E-state index < -0.39 is 8.07 Å². The predicted octanol–water partition coefficient (Wildman–Crippen LogP) is 3.87. The first-order chi connectivity index (χ1) is 9.34. The number of esters is 1. The Labute approximate surface area is 124 Å². The fourth-order valence-electron chi connectivity index (χ4n) is 2.41. The molecular formula is C16H28O3Si. The van der Waals surface area contributed by atoms with Crippen molar-refractivity contribution in [1.29, 1.82) is 0 Å². The van der Waals surface area contributed by atoms with Crippen LogP contribution in [0.25, 0.3) is 0 Å². The number of rotatable bonds is 6. The van der Waals surface area contributed by atoms with Crippen LogP contribution >= 0.6 is 0 Å². The molecule has 0 aromatic carbocycles. The molecule has 1 saturated heterocycles. The molecule has 0 aromatic heterocycles. The Morgan fingerprint density at radius 2 is 2.15 bits per heavy atom. The number of hydrogen-bond donors (Lipinski definition) is 0. The van der Waals surface area contributed by atoms with Crippen LogP contribution in [-0.2, 0) is 14.3 Å². The van der Waals surface area contributed by atoms with Crippen LogP contribution in [0.1, 0.15) is 32.6 Å². The highest BCUT2D eigenvalue weighted by Crippen LogP contribution is 2.27. The van der Waals surface area contributed by atoms with Gasteiger partial charge in [0.1, 0.15) is 6.61 Å². The zero-order valence-corrected chi connectivity index (χ0v) is 14.3. The third-order valence-electron chi connectivity index (χ3n) is 3.10. The maximum Gasteiger partial charge on any atom is 0.305 e. The highest BCUT2D eigenvalue weighted by Gasteiger charge is 2.26. The van der Waals surface area contributed by atoms with Gasteiger partial charge in [-0.15, -0.1) is 6.58 Å². The molecule has 0 radical (unpaired) electrons. The average Bonchev–Trinajstić information content (AvgIpc) is 2.34. The van der Waals surface area contributed by atoms with E-state index in [1.54, 1.807) is 0 Å². The van der Waals surface area contributed by atoms with Gasteiger partial charge in [0.05, 0.1) is 20.3 Å². The van der Waals surface area contributed by atoms with E-state index in [1.165, 1.54) is 5.57 Å². The van der Waals surface area contributed by atoms with Gasteiger partial charge in [-0.25, -0.2) is 0 Å². The van der Waals surface area contributed by atoms with Crippen molar-refractivity contribution in [3.05, 3.63) is 23.9 Å². The van der Waals surface area contributed by atoms with Crippen LogP contribution in [0.2, 0.25) is 19.6 Å². The molecule has 1 rings (SSSR count). The number of carbonyl (C=O) groups is 1. The van der Waals surface area contributed by atoms with Gasteiger partial charge in [-0.05, 0) is 19.3 Å². The Morgan fingerprint density at radius 1 is 1.45 bits per heavy atom. The Balaban J connectivity index is 2.60. The summed E-state index contributed by atoms with van der Waals surface area (Å²) >= 11 is 0. The lowest BCUT2D eigenvalue weighted by molar-refractivity contribution is -0.149. The van der Waals surface area contributed by atoms with Crippen LogP contribution in [-0.4, -0.2) is 32.9 Å². The lowest BCUT2D eigenvalue weighted by atomic mass is 9.99. The van der Waals surface area contributed by atoms with Gasteiger partial charge in [-0.2, -0.15) is 0 Å². The van der Waals surface area contributed by atoms with Crippen molar-refractivity contribution in [3.63, 3.8) is 0 Å². The van der Waals surface area contributed by atoms with Gasteiger partial charge in [-0.3, -0.25) is 4.79 Å². The van der Waals surface area contributed by atoms with Gasteiger partial charge in [0.15, 0.2) is 0 Å². The molecule has 114 valence electrons. The molecular weight excluding hydrogens is 268 g/mol. The van der Waals surface area contributed by atoms with E-state index in [4.69, 9.17) is 9.47 Å². The molecule has 0 bridgehead atoms. The quantitative estimate of drug-likeness (QED) is 0.424. The minimum Gasteiger partial charge on any atom is -0.463 e. The first kappa shape index (κ1) is 17.2. The van der Waals surface area contributed by atoms with E-state index in [0.717, 1.165) is 19.3 Å². The third kappa shape index (κ3) is 6.53. The Morgan fingerprint density at radius 3 is 2.70 bits per heavy atom. The lowest BCUT2D eigenvalue weighted by Gasteiger charge is -2.31. The first-order valence-corrected chi connectivity index (χ1v) is 11.1. The maximum atomic E-state index is 11.4. The molecule has 1 aliphatic rings. The standard InChI is InChI=1S/C16H28O3Si/c1-6-8-16(17)18-11-15-10-13(12-20(3,4)5)9-14(7-2)19-15/h7,12,14-15H,2,6,8-11H2,1,3-5H3/b13-12-/t14-,15-/m1/s1. The van der Waals surface area contributed by atoms with Crippen molar-refractivity contribution in [3.8, 4) is 0 Å². The average molecular weight is 296 g/mol. The van der Waals surface area contributed by atoms with Gasteiger partial charge >= 0.3 is 5.97 Å². The minimum absolute atomic E-state index is 0.0323. The molecule has 0 unspecified atom stereocenters. The summed E-state index contributed by atoms with van der Waals surface area (Å²) in [5.74, 6) is -0.132. The van der Waals surface area contributed by atoms with Crippen LogP contribution in [0, 0.1) is 0 Å². The number of hydrogen-bond acceptors (Lipinski definition) is 3. The summed E-state index contributed by atoms with van der Waals surface area (Å²) in [5, 5.41) is 0. The summed E-state index contributed by atoms with van der Waals surface area (Å²) in [4.78, 5) is 11.4. The fourth-order valence-corrected chi connectivity index (χ4v) is 3.87. The second kappa shape index (κ2) is 7.79. The Bertz CT molecular complexity index is 368. The van der Waals surface area contributed by atoms with Crippen LogP contribution < -0.4 is 0 Å². The van der Waals surface area contributed by atoms with Crippen molar-refractivity contribution >= 4 is 14.0 Å². The first-order valence-electron chi connectivity index (χ1n) is 7.48. The smallest absolute Gasteiger partial charge is 0.305 e. The van der Waals surface area contributed by atoms with Crippen LogP contribution in [0.5, 0.6) is 0 Å². The highest BCUT2D eigenvalue weighted by atomic mass is 28.3. The SMILES string of the molecule is C=C[C@@H]1C/C(=C/[Si](C)(C)C)C[C@H](COC(=O)CCC)O1. The van der Waals surface area contributed by atoms with E-state index in [-0.39, 0.29) is 18.2 Å². The summed E-state index contributed by atoms with van der Waals surface area (Å²) < 4.78 is 11.2. The number of carbonyl (C=O) groups excluding carboxylic acids is 1. The van der Waals surface area contributed by atoms with Gasteiger partial charge in [-0.1, -0.05) is 43.9 Å². The summed E-state index contributed by atoms with van der Waals surface area (Å²) in [5.41, 5.74) is 3.87. The van der Waals surface area contributed by atoms with Crippen molar-refractivity contribution in [2.24, 2.45) is 0 Å². The molecule has 2 atom stereocenters. The summed E-state index contributed by atoms with van der Waals surface area (Å²) in [6.45, 7) is 13.1. The van der Waals surface area contributed by atoms with Crippen molar-refractivity contribution in [1.82, 2.24) is 0 Å². The van der Waals surface area contributed by atoms with Crippen molar-refractivity contribution in [2.75, 3.05) is 6.61 Å². The molecule has 3 nitrogen and oxygen atoms in total. The Hall–Kier alpha value is -0.873. The zero-order valence-electron chi connectivity index (χ0n) is 13.3. The number of ether oxygens (including phenoxy) is 2. The molecule has 0 saturated carbocycles. The maximum absolute atomic E-state index is 11.4. The van der Waals surface area contributed by atoms with E-state index in [1.807, 2.05) is 13.0 Å². The van der Waals surface area contributed by atoms with E-state index in [9.17, 15) is 4.79 Å². The molecule has 0 amide bonds. The largest absolute Gasteiger partial charge is 0.463 e. The van der Waals surface area contributed by atoms with Crippen LogP contribution in [0.3, 0.4) is 0 Å². The molecule has 0 N–H and O–H groups in total. The third-order valence-corrected chi connectivity index (χ3v) is 4.38. The van der Waals surface area contributed by atoms with Gasteiger partial charge in [0, 0.05) is 6.42 Å². The molecule has 4 heteroatoms. The zero-order chi connectivity index (χ0) is 15.2. The molecule has 20 heavy (non-hydrogen) atoms. The van der Waals surface area contributed by atoms with E-state index in [0.29, 0.717) is 13.0 Å². The van der Waals surface area contributed by atoms with E-state index in [2.05, 4.69) is 31.9 Å². The monoisotopic (exact) mass is 296 g/mol. The van der Waals surface area contributed by atoms with Crippen LogP contribution in [0.4, 0.5) is 0 Å². The van der Waals surface area contributed by atoms with Gasteiger partial charge in [0.25, 0.3) is 0 Å². The minimum atomic E-state index is -1.23. The second-order valence-corrected chi connectivity index (χ2v) is 11.6.